The Morgan fingerprint density at radius 1 is 1.09 bits per heavy atom. The first kappa shape index (κ1) is 20.9. The molecule has 9 nitrogen and oxygen atoms in total. The Balaban J connectivity index is 1.25. The van der Waals surface area contributed by atoms with Gasteiger partial charge in [-0.3, -0.25) is 14.5 Å². The molecule has 33 heavy (non-hydrogen) atoms. The standard InChI is InChI=1S/C24H25N5O4/c1-32-18-9-14(10-19(13-18)33-2)3-5-16-12-22(28-27-16)26-23(30)15-4-8-21-20(11-15)25-24(31)29(21)17-6-7-17/h4,8-13,17H,3,5-7H2,1-2H3,(H,25,31)(H2,26,27,28,30). The molecule has 0 bridgehead atoms. The van der Waals surface area contributed by atoms with Gasteiger partial charge in [-0.15, -0.1) is 0 Å². The molecule has 170 valence electrons. The van der Waals surface area contributed by atoms with E-state index in [2.05, 4.69) is 20.5 Å². The zero-order valence-corrected chi connectivity index (χ0v) is 18.5. The lowest BCUT2D eigenvalue weighted by Crippen LogP contribution is -2.14. The average Bonchev–Trinajstić information content (AvgIpc) is 3.46. The van der Waals surface area contributed by atoms with Gasteiger partial charge in [0.1, 0.15) is 11.5 Å². The van der Waals surface area contributed by atoms with E-state index >= 15 is 0 Å². The molecule has 9 heteroatoms. The molecule has 1 saturated carbocycles. The number of benzene rings is 2. The fourth-order valence-electron chi connectivity index (χ4n) is 4.00. The van der Waals surface area contributed by atoms with Crippen molar-refractivity contribution in [1.82, 2.24) is 19.7 Å². The van der Waals surface area contributed by atoms with Crippen LogP contribution in [-0.4, -0.2) is 39.9 Å². The SMILES string of the molecule is COc1cc(CCc2cc(NC(=O)c3ccc4c(c3)[nH]c(=O)n4C3CC3)n[nH]2)cc(OC)c1. The van der Waals surface area contributed by atoms with Crippen LogP contribution in [0.3, 0.4) is 0 Å². The highest BCUT2D eigenvalue weighted by Crippen LogP contribution is 2.35. The summed E-state index contributed by atoms with van der Waals surface area (Å²) >= 11 is 0. The predicted molar refractivity (Wildman–Crippen MR) is 124 cm³/mol. The molecule has 0 unspecified atom stereocenters. The highest BCUT2D eigenvalue weighted by atomic mass is 16.5. The van der Waals surface area contributed by atoms with Gasteiger partial charge >= 0.3 is 5.69 Å². The van der Waals surface area contributed by atoms with E-state index in [1.165, 1.54) is 0 Å². The van der Waals surface area contributed by atoms with Crippen LogP contribution < -0.4 is 20.5 Å². The Morgan fingerprint density at radius 3 is 2.55 bits per heavy atom. The number of aromatic amines is 2. The molecule has 1 amide bonds. The molecule has 0 saturated heterocycles. The van der Waals surface area contributed by atoms with Gasteiger partial charge in [-0.1, -0.05) is 0 Å². The zero-order valence-electron chi connectivity index (χ0n) is 18.5. The van der Waals surface area contributed by atoms with Crippen molar-refractivity contribution in [3.05, 3.63) is 69.8 Å². The summed E-state index contributed by atoms with van der Waals surface area (Å²) in [6, 6.07) is 13.1. The van der Waals surface area contributed by atoms with Crippen molar-refractivity contribution in [2.75, 3.05) is 19.5 Å². The summed E-state index contributed by atoms with van der Waals surface area (Å²) in [5.74, 6) is 1.65. The minimum atomic E-state index is -0.285. The molecule has 4 aromatic rings. The number of methoxy groups -OCH3 is 2. The Labute approximate surface area is 189 Å². The second kappa shape index (κ2) is 8.50. The third-order valence-electron chi connectivity index (χ3n) is 5.86. The van der Waals surface area contributed by atoms with Crippen molar-refractivity contribution in [1.29, 1.82) is 0 Å². The van der Waals surface area contributed by atoms with Crippen LogP contribution >= 0.6 is 0 Å². The van der Waals surface area contributed by atoms with Crippen LogP contribution in [0.5, 0.6) is 11.5 Å². The van der Waals surface area contributed by atoms with E-state index in [-0.39, 0.29) is 17.6 Å². The van der Waals surface area contributed by atoms with Crippen molar-refractivity contribution in [2.45, 2.75) is 31.7 Å². The van der Waals surface area contributed by atoms with Crippen LogP contribution in [0.2, 0.25) is 0 Å². The molecule has 5 rings (SSSR count). The molecule has 1 aliphatic carbocycles. The summed E-state index contributed by atoms with van der Waals surface area (Å²) in [7, 11) is 3.25. The maximum Gasteiger partial charge on any atom is 0.326 e. The quantitative estimate of drug-likeness (QED) is 0.383. The number of ether oxygens (including phenoxy) is 2. The molecule has 0 atom stereocenters. The number of anilines is 1. The summed E-state index contributed by atoms with van der Waals surface area (Å²) in [6.07, 6.45) is 3.50. The van der Waals surface area contributed by atoms with Gasteiger partial charge < -0.3 is 19.8 Å². The fourth-order valence-corrected chi connectivity index (χ4v) is 4.00. The topological polar surface area (TPSA) is 114 Å². The third-order valence-corrected chi connectivity index (χ3v) is 5.86. The number of carbonyl (C=O) groups is 1. The van der Waals surface area contributed by atoms with Crippen LogP contribution in [0.25, 0.3) is 11.0 Å². The second-order valence-electron chi connectivity index (χ2n) is 8.22. The van der Waals surface area contributed by atoms with Gasteiger partial charge in [0.15, 0.2) is 5.82 Å². The van der Waals surface area contributed by atoms with E-state index in [0.717, 1.165) is 47.5 Å². The van der Waals surface area contributed by atoms with Crippen molar-refractivity contribution in [2.24, 2.45) is 0 Å². The number of amides is 1. The van der Waals surface area contributed by atoms with Crippen LogP contribution in [0.4, 0.5) is 5.82 Å². The normalized spacial score (nSPS) is 13.3. The summed E-state index contributed by atoms with van der Waals surface area (Å²) in [5, 5.41) is 9.99. The largest absolute Gasteiger partial charge is 0.497 e. The maximum absolute atomic E-state index is 12.7. The van der Waals surface area contributed by atoms with Gasteiger partial charge in [0, 0.05) is 29.4 Å². The lowest BCUT2D eigenvalue weighted by molar-refractivity contribution is 0.102. The predicted octanol–water partition coefficient (Wildman–Crippen LogP) is 3.44. The number of hydrogen-bond acceptors (Lipinski definition) is 5. The Bertz CT molecular complexity index is 1360. The summed E-state index contributed by atoms with van der Waals surface area (Å²) in [4.78, 5) is 27.8. The minimum Gasteiger partial charge on any atom is -0.497 e. The number of aromatic nitrogens is 4. The first-order valence-electron chi connectivity index (χ1n) is 10.9. The van der Waals surface area contributed by atoms with E-state index in [0.29, 0.717) is 23.3 Å². The molecular formula is C24H25N5O4. The molecule has 2 heterocycles. The fraction of sp³-hybridized carbons (Fsp3) is 0.292. The highest BCUT2D eigenvalue weighted by Gasteiger charge is 2.27. The average molecular weight is 447 g/mol. The van der Waals surface area contributed by atoms with E-state index in [4.69, 9.17) is 9.47 Å². The first-order chi connectivity index (χ1) is 16.0. The number of nitrogens with zero attached hydrogens (tertiary/aromatic N) is 2. The smallest absolute Gasteiger partial charge is 0.326 e. The van der Waals surface area contributed by atoms with Crippen LogP contribution in [0, 0.1) is 0 Å². The van der Waals surface area contributed by atoms with Gasteiger partial charge in [0.05, 0.1) is 25.3 Å². The van der Waals surface area contributed by atoms with Crippen LogP contribution in [0.15, 0.2) is 47.3 Å². The van der Waals surface area contributed by atoms with Gasteiger partial charge in [0.25, 0.3) is 5.91 Å². The van der Waals surface area contributed by atoms with E-state index in [1.807, 2.05) is 30.3 Å². The van der Waals surface area contributed by atoms with Crippen LogP contribution in [0.1, 0.15) is 40.5 Å². The number of rotatable bonds is 8. The Kier molecular flexibility index (Phi) is 5.37. The summed E-state index contributed by atoms with van der Waals surface area (Å²) in [6.45, 7) is 0. The number of nitrogens with one attached hydrogen (secondary N) is 3. The second-order valence-corrected chi connectivity index (χ2v) is 8.22. The Hall–Kier alpha value is -4.01. The van der Waals surface area contributed by atoms with E-state index in [1.54, 1.807) is 30.9 Å². The summed E-state index contributed by atoms with van der Waals surface area (Å²) < 4.78 is 12.4. The lowest BCUT2D eigenvalue weighted by atomic mass is 10.1. The van der Waals surface area contributed by atoms with E-state index < -0.39 is 0 Å². The number of hydrogen-bond donors (Lipinski definition) is 3. The van der Waals surface area contributed by atoms with Crippen LogP contribution in [-0.2, 0) is 12.8 Å². The molecule has 2 aromatic carbocycles. The van der Waals surface area contributed by atoms with Gasteiger partial charge in [0.2, 0.25) is 0 Å². The van der Waals surface area contributed by atoms with Gasteiger partial charge in [-0.05, 0) is 61.6 Å². The molecular weight excluding hydrogens is 422 g/mol. The molecule has 0 radical (unpaired) electrons. The molecule has 1 aliphatic rings. The van der Waals surface area contributed by atoms with Gasteiger partial charge in [-0.2, -0.15) is 5.10 Å². The Morgan fingerprint density at radius 2 is 1.85 bits per heavy atom. The maximum atomic E-state index is 12.7. The van der Waals surface area contributed by atoms with E-state index in [9.17, 15) is 9.59 Å². The zero-order chi connectivity index (χ0) is 22.9. The monoisotopic (exact) mass is 447 g/mol. The molecule has 0 aliphatic heterocycles. The lowest BCUT2D eigenvalue weighted by Gasteiger charge is -2.08. The molecule has 1 fully saturated rings. The minimum absolute atomic E-state index is 0.129. The van der Waals surface area contributed by atoms with Gasteiger partial charge in [-0.25, -0.2) is 4.79 Å². The molecule has 3 N–H and O–H groups in total. The molecule has 2 aromatic heterocycles. The van der Waals surface area contributed by atoms with Crippen molar-refractivity contribution >= 4 is 22.8 Å². The number of fused-ring (bicyclic) bond motifs is 1. The molecule has 0 spiro atoms. The van der Waals surface area contributed by atoms with Crippen molar-refractivity contribution in [3.8, 4) is 11.5 Å². The third kappa shape index (κ3) is 4.34. The van der Waals surface area contributed by atoms with Crippen molar-refractivity contribution in [3.63, 3.8) is 0 Å². The number of imidazole rings is 1. The first-order valence-corrected chi connectivity index (χ1v) is 10.9. The number of carbonyl (C=O) groups excluding carboxylic acids is 1. The number of aryl methyl sites for hydroxylation is 2. The summed E-state index contributed by atoms with van der Waals surface area (Å²) in [5.41, 5.74) is 3.79. The van der Waals surface area contributed by atoms with Crippen molar-refractivity contribution < 1.29 is 14.3 Å². The number of H-pyrrole nitrogens is 2. The highest BCUT2D eigenvalue weighted by molar-refractivity contribution is 6.05.